The Morgan fingerprint density at radius 3 is 2.79 bits per heavy atom. The molecule has 3 N–H and O–H groups in total. The van der Waals surface area contributed by atoms with Crippen LogP contribution in [0.3, 0.4) is 0 Å². The SMILES string of the molecule is Cc1cc(C2CCNCC2)cnc1N. The highest BCUT2D eigenvalue weighted by Crippen LogP contribution is 2.25. The molecule has 1 aromatic heterocycles. The average Bonchev–Trinajstić information content (AvgIpc) is 2.23. The molecule has 2 heterocycles. The lowest BCUT2D eigenvalue weighted by molar-refractivity contribution is 0.459. The number of aromatic nitrogens is 1. The molecular weight excluding hydrogens is 174 g/mol. The monoisotopic (exact) mass is 191 g/mol. The van der Waals surface area contributed by atoms with Gasteiger partial charge in [0.1, 0.15) is 5.82 Å². The number of hydrogen-bond donors (Lipinski definition) is 2. The van der Waals surface area contributed by atoms with Crippen molar-refractivity contribution in [3.63, 3.8) is 0 Å². The molecule has 1 fully saturated rings. The van der Waals surface area contributed by atoms with Crippen LogP contribution >= 0.6 is 0 Å². The molecule has 0 aliphatic carbocycles. The summed E-state index contributed by atoms with van der Waals surface area (Å²) in [5, 5.41) is 3.37. The highest BCUT2D eigenvalue weighted by molar-refractivity contribution is 5.40. The molecule has 1 aromatic rings. The zero-order chi connectivity index (χ0) is 9.97. The summed E-state index contributed by atoms with van der Waals surface area (Å²) in [5.74, 6) is 1.32. The van der Waals surface area contributed by atoms with E-state index in [0.29, 0.717) is 11.7 Å². The predicted octanol–water partition coefficient (Wildman–Crippen LogP) is 1.44. The molecule has 3 heteroatoms. The standard InChI is InChI=1S/C11H17N3/c1-8-6-10(7-14-11(8)12)9-2-4-13-5-3-9/h6-7,9,13H,2-5H2,1H3,(H2,12,14). The van der Waals surface area contributed by atoms with Crippen molar-refractivity contribution >= 4 is 5.82 Å². The van der Waals surface area contributed by atoms with Crippen LogP contribution < -0.4 is 11.1 Å². The lowest BCUT2D eigenvalue weighted by atomic mass is 9.91. The van der Waals surface area contributed by atoms with Crippen molar-refractivity contribution in [2.24, 2.45) is 0 Å². The second kappa shape index (κ2) is 3.96. The van der Waals surface area contributed by atoms with E-state index in [0.717, 1.165) is 18.7 Å². The molecule has 3 nitrogen and oxygen atoms in total. The van der Waals surface area contributed by atoms with Crippen LogP contribution in [-0.4, -0.2) is 18.1 Å². The summed E-state index contributed by atoms with van der Waals surface area (Å²) in [6, 6.07) is 2.18. The number of nitrogens with two attached hydrogens (primary N) is 1. The molecule has 0 saturated carbocycles. The van der Waals surface area contributed by atoms with Gasteiger partial charge in [-0.3, -0.25) is 0 Å². The number of anilines is 1. The number of nitrogens with one attached hydrogen (secondary N) is 1. The fourth-order valence-corrected chi connectivity index (χ4v) is 1.99. The minimum absolute atomic E-state index is 0.655. The van der Waals surface area contributed by atoms with E-state index >= 15 is 0 Å². The quantitative estimate of drug-likeness (QED) is 0.706. The molecule has 1 saturated heterocycles. The lowest BCUT2D eigenvalue weighted by Gasteiger charge is -2.23. The zero-order valence-corrected chi connectivity index (χ0v) is 8.59. The molecule has 1 aliphatic heterocycles. The van der Waals surface area contributed by atoms with Crippen LogP contribution in [0.4, 0.5) is 5.82 Å². The van der Waals surface area contributed by atoms with Crippen LogP contribution in [-0.2, 0) is 0 Å². The van der Waals surface area contributed by atoms with E-state index in [4.69, 9.17) is 5.73 Å². The van der Waals surface area contributed by atoms with Crippen molar-refractivity contribution in [2.45, 2.75) is 25.7 Å². The van der Waals surface area contributed by atoms with Crippen LogP contribution in [0.5, 0.6) is 0 Å². The van der Waals surface area contributed by atoms with Crippen molar-refractivity contribution in [1.29, 1.82) is 0 Å². The molecule has 2 rings (SSSR count). The van der Waals surface area contributed by atoms with Gasteiger partial charge in [-0.15, -0.1) is 0 Å². The Balaban J connectivity index is 2.18. The summed E-state index contributed by atoms with van der Waals surface area (Å²) < 4.78 is 0. The van der Waals surface area contributed by atoms with Crippen LogP contribution in [0.15, 0.2) is 12.3 Å². The maximum absolute atomic E-state index is 5.69. The number of hydrogen-bond acceptors (Lipinski definition) is 3. The number of nitrogen functional groups attached to an aromatic ring is 1. The molecule has 0 unspecified atom stereocenters. The largest absolute Gasteiger partial charge is 0.383 e. The molecule has 0 amide bonds. The van der Waals surface area contributed by atoms with Gasteiger partial charge in [-0.05, 0) is 49.9 Å². The average molecular weight is 191 g/mol. The number of nitrogens with zero attached hydrogens (tertiary/aromatic N) is 1. The summed E-state index contributed by atoms with van der Waals surface area (Å²) >= 11 is 0. The van der Waals surface area contributed by atoms with E-state index in [1.165, 1.54) is 18.4 Å². The van der Waals surface area contributed by atoms with E-state index in [-0.39, 0.29) is 0 Å². The zero-order valence-electron chi connectivity index (χ0n) is 8.59. The molecule has 1 aliphatic rings. The van der Waals surface area contributed by atoms with E-state index < -0.39 is 0 Å². The number of aryl methyl sites for hydroxylation is 1. The van der Waals surface area contributed by atoms with Gasteiger partial charge in [0.2, 0.25) is 0 Å². The fraction of sp³-hybridized carbons (Fsp3) is 0.545. The van der Waals surface area contributed by atoms with E-state index in [9.17, 15) is 0 Å². The predicted molar refractivity (Wildman–Crippen MR) is 58.2 cm³/mol. The minimum Gasteiger partial charge on any atom is -0.383 e. The first kappa shape index (κ1) is 9.46. The molecular formula is C11H17N3. The summed E-state index contributed by atoms with van der Waals surface area (Å²) in [4.78, 5) is 4.21. The third-order valence-corrected chi connectivity index (χ3v) is 2.95. The highest BCUT2D eigenvalue weighted by atomic mass is 14.9. The van der Waals surface area contributed by atoms with Crippen molar-refractivity contribution in [3.05, 3.63) is 23.4 Å². The van der Waals surface area contributed by atoms with Gasteiger partial charge in [-0.1, -0.05) is 6.07 Å². The first-order chi connectivity index (χ1) is 6.77. The third-order valence-electron chi connectivity index (χ3n) is 2.95. The van der Waals surface area contributed by atoms with Gasteiger partial charge < -0.3 is 11.1 Å². The number of rotatable bonds is 1. The Hall–Kier alpha value is -1.09. The van der Waals surface area contributed by atoms with E-state index in [1.54, 1.807) is 0 Å². The topological polar surface area (TPSA) is 50.9 Å². The summed E-state index contributed by atoms with van der Waals surface area (Å²) in [6.07, 6.45) is 4.36. The maximum Gasteiger partial charge on any atom is 0.126 e. The minimum atomic E-state index is 0.655. The Labute approximate surface area is 84.7 Å². The summed E-state index contributed by atoms with van der Waals surface area (Å²) in [5.41, 5.74) is 8.14. The second-order valence-corrected chi connectivity index (χ2v) is 4.00. The lowest BCUT2D eigenvalue weighted by Crippen LogP contribution is -2.26. The van der Waals surface area contributed by atoms with Gasteiger partial charge >= 0.3 is 0 Å². The molecule has 0 atom stereocenters. The fourth-order valence-electron chi connectivity index (χ4n) is 1.99. The third kappa shape index (κ3) is 1.87. The Bertz CT molecular complexity index is 316. The van der Waals surface area contributed by atoms with Crippen LogP contribution in [0.25, 0.3) is 0 Å². The molecule has 14 heavy (non-hydrogen) atoms. The van der Waals surface area contributed by atoms with Crippen molar-refractivity contribution in [3.8, 4) is 0 Å². The molecule has 76 valence electrons. The number of piperidine rings is 1. The molecule has 0 aromatic carbocycles. The first-order valence-corrected chi connectivity index (χ1v) is 5.20. The van der Waals surface area contributed by atoms with Crippen LogP contribution in [0, 0.1) is 6.92 Å². The van der Waals surface area contributed by atoms with Gasteiger partial charge in [0.15, 0.2) is 0 Å². The molecule has 0 radical (unpaired) electrons. The van der Waals surface area contributed by atoms with Crippen LogP contribution in [0.1, 0.15) is 29.9 Å². The Morgan fingerprint density at radius 2 is 2.14 bits per heavy atom. The normalized spacial score (nSPS) is 18.4. The smallest absolute Gasteiger partial charge is 0.126 e. The van der Waals surface area contributed by atoms with Gasteiger partial charge in [0, 0.05) is 6.20 Å². The molecule has 0 bridgehead atoms. The summed E-state index contributed by atoms with van der Waals surface area (Å²) in [7, 11) is 0. The Morgan fingerprint density at radius 1 is 1.43 bits per heavy atom. The summed E-state index contributed by atoms with van der Waals surface area (Å²) in [6.45, 7) is 4.26. The van der Waals surface area contributed by atoms with Gasteiger partial charge in [0.25, 0.3) is 0 Å². The van der Waals surface area contributed by atoms with Gasteiger partial charge in [0.05, 0.1) is 0 Å². The van der Waals surface area contributed by atoms with Crippen LogP contribution in [0.2, 0.25) is 0 Å². The second-order valence-electron chi connectivity index (χ2n) is 4.00. The molecule has 0 spiro atoms. The van der Waals surface area contributed by atoms with Crippen molar-refractivity contribution in [1.82, 2.24) is 10.3 Å². The van der Waals surface area contributed by atoms with Crippen molar-refractivity contribution in [2.75, 3.05) is 18.8 Å². The highest BCUT2D eigenvalue weighted by Gasteiger charge is 2.15. The van der Waals surface area contributed by atoms with Gasteiger partial charge in [-0.2, -0.15) is 0 Å². The van der Waals surface area contributed by atoms with Gasteiger partial charge in [-0.25, -0.2) is 4.98 Å². The van der Waals surface area contributed by atoms with Crippen molar-refractivity contribution < 1.29 is 0 Å². The first-order valence-electron chi connectivity index (χ1n) is 5.20. The van der Waals surface area contributed by atoms with E-state index in [1.807, 2.05) is 13.1 Å². The maximum atomic E-state index is 5.69. The van der Waals surface area contributed by atoms with E-state index in [2.05, 4.69) is 16.4 Å². The Kier molecular flexibility index (Phi) is 2.68. The number of pyridine rings is 1.